The molecule has 1 N–H and O–H groups in total. The van der Waals surface area contributed by atoms with E-state index in [4.69, 9.17) is 4.98 Å². The first kappa shape index (κ1) is 21.1. The molecule has 2 aliphatic rings. The molecule has 2 saturated heterocycles. The first-order valence-corrected chi connectivity index (χ1v) is 12.3. The van der Waals surface area contributed by atoms with Crippen molar-refractivity contribution in [3.63, 3.8) is 0 Å². The zero-order valence-corrected chi connectivity index (χ0v) is 19.2. The molecule has 0 aliphatic carbocycles. The van der Waals surface area contributed by atoms with Crippen LogP contribution in [0.5, 0.6) is 0 Å². The highest BCUT2D eigenvalue weighted by Gasteiger charge is 2.30. The molecule has 0 radical (unpaired) electrons. The Morgan fingerprint density at radius 3 is 2.59 bits per heavy atom. The Morgan fingerprint density at radius 1 is 0.941 bits per heavy atom. The van der Waals surface area contributed by atoms with Crippen molar-refractivity contribution in [1.29, 1.82) is 0 Å². The lowest BCUT2D eigenvalue weighted by molar-refractivity contribution is -0.134. The zero-order chi connectivity index (χ0) is 22.9. The summed E-state index contributed by atoms with van der Waals surface area (Å²) in [5.74, 6) is 0.757. The van der Waals surface area contributed by atoms with Gasteiger partial charge in [-0.3, -0.25) is 14.2 Å². The van der Waals surface area contributed by atoms with Gasteiger partial charge in [-0.15, -0.1) is 0 Å². The molecular formula is C28H29N5O. The molecule has 1 aromatic carbocycles. The zero-order valence-electron chi connectivity index (χ0n) is 19.2. The van der Waals surface area contributed by atoms with Gasteiger partial charge in [0.2, 0.25) is 5.91 Å². The highest BCUT2D eigenvalue weighted by Crippen LogP contribution is 2.31. The number of rotatable bonds is 4. The Labute approximate surface area is 199 Å². The van der Waals surface area contributed by atoms with Crippen LogP contribution >= 0.6 is 0 Å². The van der Waals surface area contributed by atoms with Gasteiger partial charge >= 0.3 is 0 Å². The molecule has 2 aliphatic heterocycles. The number of piperidine rings is 1. The SMILES string of the molecule is O=C(C1CCCN1)N1CCC(c2ccn3c(-c4ccnc(-c5ccccc5)c4)cnc3c2)CC1. The molecule has 1 amide bonds. The summed E-state index contributed by atoms with van der Waals surface area (Å²) in [5.41, 5.74) is 6.49. The Morgan fingerprint density at radius 2 is 1.79 bits per heavy atom. The third-order valence-electron chi connectivity index (χ3n) is 7.30. The molecule has 34 heavy (non-hydrogen) atoms. The van der Waals surface area contributed by atoms with E-state index in [1.807, 2.05) is 36.7 Å². The summed E-state index contributed by atoms with van der Waals surface area (Å²) < 4.78 is 2.15. The number of imidazole rings is 1. The standard InChI is InChI=1S/C28H29N5O/c34-28(24-7-4-12-29-24)32-14-9-20(10-15-32)22-11-16-33-26(19-31-27(33)18-22)23-8-13-30-25(17-23)21-5-2-1-3-6-21/h1-3,5-6,8,11,13,16-20,24,29H,4,7,9-10,12,14-15H2. The molecule has 4 aromatic rings. The molecule has 0 spiro atoms. The summed E-state index contributed by atoms with van der Waals surface area (Å²) in [4.78, 5) is 24.0. The van der Waals surface area contributed by atoms with Crippen molar-refractivity contribution in [2.75, 3.05) is 19.6 Å². The van der Waals surface area contributed by atoms with Gasteiger partial charge < -0.3 is 10.2 Å². The number of amides is 1. The van der Waals surface area contributed by atoms with Crippen LogP contribution < -0.4 is 5.32 Å². The van der Waals surface area contributed by atoms with E-state index in [1.54, 1.807) is 0 Å². The molecule has 172 valence electrons. The number of hydrogen-bond donors (Lipinski definition) is 1. The van der Waals surface area contributed by atoms with Crippen LogP contribution in [-0.2, 0) is 4.79 Å². The van der Waals surface area contributed by atoms with Crippen molar-refractivity contribution in [3.05, 3.63) is 78.8 Å². The average molecular weight is 452 g/mol. The summed E-state index contributed by atoms with van der Waals surface area (Å²) in [7, 11) is 0. The molecule has 0 saturated carbocycles. The van der Waals surface area contributed by atoms with Crippen molar-refractivity contribution < 1.29 is 4.79 Å². The summed E-state index contributed by atoms with van der Waals surface area (Å²) in [6.45, 7) is 2.64. The Bertz CT molecular complexity index is 1300. The third kappa shape index (κ3) is 3.99. The molecule has 6 rings (SSSR count). The summed E-state index contributed by atoms with van der Waals surface area (Å²) in [6, 6.07) is 18.9. The largest absolute Gasteiger partial charge is 0.341 e. The van der Waals surface area contributed by atoms with Crippen molar-refractivity contribution in [3.8, 4) is 22.5 Å². The van der Waals surface area contributed by atoms with Crippen molar-refractivity contribution in [2.45, 2.75) is 37.6 Å². The van der Waals surface area contributed by atoms with Crippen LogP contribution in [0.25, 0.3) is 28.2 Å². The fraction of sp³-hybridized carbons (Fsp3) is 0.321. The fourth-order valence-electron chi connectivity index (χ4n) is 5.37. The normalized spacial score (nSPS) is 19.1. The predicted molar refractivity (Wildman–Crippen MR) is 133 cm³/mol. The van der Waals surface area contributed by atoms with E-state index in [-0.39, 0.29) is 11.9 Å². The van der Waals surface area contributed by atoms with Crippen molar-refractivity contribution in [2.24, 2.45) is 0 Å². The second-order valence-corrected chi connectivity index (χ2v) is 9.38. The summed E-state index contributed by atoms with van der Waals surface area (Å²) >= 11 is 0. The fourth-order valence-corrected chi connectivity index (χ4v) is 5.37. The number of nitrogens with one attached hydrogen (secondary N) is 1. The monoisotopic (exact) mass is 451 g/mol. The van der Waals surface area contributed by atoms with Gasteiger partial charge in [0.25, 0.3) is 0 Å². The maximum absolute atomic E-state index is 12.7. The van der Waals surface area contributed by atoms with E-state index < -0.39 is 0 Å². The van der Waals surface area contributed by atoms with E-state index in [1.165, 1.54) is 5.56 Å². The first-order chi connectivity index (χ1) is 16.8. The minimum absolute atomic E-state index is 0.0341. The van der Waals surface area contributed by atoms with Gasteiger partial charge in [-0.2, -0.15) is 0 Å². The molecule has 1 atom stereocenters. The molecule has 6 nitrogen and oxygen atoms in total. The number of carbonyl (C=O) groups excluding carboxylic acids is 1. The van der Waals surface area contributed by atoms with Gasteiger partial charge in [0.15, 0.2) is 0 Å². The predicted octanol–water partition coefficient (Wildman–Crippen LogP) is 4.52. The number of fused-ring (bicyclic) bond motifs is 1. The molecule has 0 bridgehead atoms. The maximum Gasteiger partial charge on any atom is 0.239 e. The van der Waals surface area contributed by atoms with Crippen LogP contribution in [-0.4, -0.2) is 50.9 Å². The number of likely N-dealkylation sites (tertiary alicyclic amines) is 1. The quantitative estimate of drug-likeness (QED) is 0.496. The summed E-state index contributed by atoms with van der Waals surface area (Å²) in [6.07, 6.45) is 10.0. The van der Waals surface area contributed by atoms with Gasteiger partial charge in [-0.05, 0) is 68.0 Å². The molecule has 5 heterocycles. The van der Waals surface area contributed by atoms with E-state index in [9.17, 15) is 4.79 Å². The highest BCUT2D eigenvalue weighted by molar-refractivity contribution is 5.82. The molecule has 2 fully saturated rings. The topological polar surface area (TPSA) is 62.5 Å². The minimum atomic E-state index is 0.0341. The van der Waals surface area contributed by atoms with Crippen LogP contribution in [0.15, 0.2) is 73.2 Å². The molecule has 1 unspecified atom stereocenters. The summed E-state index contributed by atoms with van der Waals surface area (Å²) in [5, 5.41) is 3.34. The lowest BCUT2D eigenvalue weighted by atomic mass is 9.89. The van der Waals surface area contributed by atoms with E-state index in [0.717, 1.165) is 73.5 Å². The minimum Gasteiger partial charge on any atom is -0.341 e. The maximum atomic E-state index is 12.7. The molecule has 3 aromatic heterocycles. The lowest BCUT2D eigenvalue weighted by Gasteiger charge is -2.33. The molecule has 6 heteroatoms. The van der Waals surface area contributed by atoms with E-state index in [2.05, 4.69) is 56.1 Å². The third-order valence-corrected chi connectivity index (χ3v) is 7.30. The van der Waals surface area contributed by atoms with Crippen molar-refractivity contribution in [1.82, 2.24) is 24.6 Å². The van der Waals surface area contributed by atoms with Gasteiger partial charge in [-0.25, -0.2) is 4.98 Å². The van der Waals surface area contributed by atoms with Crippen LogP contribution in [0.3, 0.4) is 0 Å². The lowest BCUT2D eigenvalue weighted by Crippen LogP contribution is -2.46. The number of benzene rings is 1. The van der Waals surface area contributed by atoms with Gasteiger partial charge in [-0.1, -0.05) is 30.3 Å². The number of hydrogen-bond acceptors (Lipinski definition) is 4. The number of aromatic nitrogens is 3. The Kier molecular flexibility index (Phi) is 5.59. The second-order valence-electron chi connectivity index (χ2n) is 9.38. The number of pyridine rings is 2. The highest BCUT2D eigenvalue weighted by atomic mass is 16.2. The average Bonchev–Trinajstić information content (AvgIpc) is 3.59. The first-order valence-electron chi connectivity index (χ1n) is 12.3. The van der Waals surface area contributed by atoms with Crippen LogP contribution in [0, 0.1) is 0 Å². The van der Waals surface area contributed by atoms with Gasteiger partial charge in [0, 0.05) is 36.6 Å². The van der Waals surface area contributed by atoms with E-state index in [0.29, 0.717) is 5.92 Å². The van der Waals surface area contributed by atoms with Gasteiger partial charge in [0.1, 0.15) is 5.65 Å². The van der Waals surface area contributed by atoms with Crippen LogP contribution in [0.1, 0.15) is 37.2 Å². The number of carbonyl (C=O) groups is 1. The van der Waals surface area contributed by atoms with Gasteiger partial charge in [0.05, 0.1) is 23.6 Å². The van der Waals surface area contributed by atoms with Crippen LogP contribution in [0.2, 0.25) is 0 Å². The molecular weight excluding hydrogens is 422 g/mol. The van der Waals surface area contributed by atoms with E-state index >= 15 is 0 Å². The van der Waals surface area contributed by atoms with Crippen molar-refractivity contribution >= 4 is 11.6 Å². The van der Waals surface area contributed by atoms with Crippen LogP contribution in [0.4, 0.5) is 0 Å². The second kappa shape index (κ2) is 9.03. The Balaban J connectivity index is 1.20. The Hall–Kier alpha value is -3.51. The smallest absolute Gasteiger partial charge is 0.239 e. The number of nitrogens with zero attached hydrogens (tertiary/aromatic N) is 4.